The van der Waals surface area contributed by atoms with Gasteiger partial charge in [0.25, 0.3) is 0 Å². The van der Waals surface area contributed by atoms with Crippen molar-refractivity contribution in [2.24, 2.45) is 11.8 Å². The first-order chi connectivity index (χ1) is 10.5. The summed E-state index contributed by atoms with van der Waals surface area (Å²) in [5, 5.41) is 5.27. The largest absolute Gasteiger partial charge is 0.435 e. The molecular formula is C15H18F2N2O3. The van der Waals surface area contributed by atoms with Gasteiger partial charge in [-0.2, -0.15) is 8.78 Å². The Morgan fingerprint density at radius 1 is 1.41 bits per heavy atom. The molecule has 1 aliphatic carbocycles. The summed E-state index contributed by atoms with van der Waals surface area (Å²) in [6.07, 6.45) is 1.02. The summed E-state index contributed by atoms with van der Waals surface area (Å²) in [7, 11) is 0. The van der Waals surface area contributed by atoms with Crippen LogP contribution >= 0.6 is 0 Å². The molecule has 120 valence electrons. The third-order valence-electron chi connectivity index (χ3n) is 3.44. The number of halogens is 2. The van der Waals surface area contributed by atoms with Gasteiger partial charge in [0.05, 0.1) is 0 Å². The van der Waals surface area contributed by atoms with Crippen LogP contribution in [0.15, 0.2) is 24.3 Å². The number of rotatable bonds is 7. The lowest BCUT2D eigenvalue weighted by atomic mass is 10.3. The molecular weight excluding hydrogens is 294 g/mol. The van der Waals surface area contributed by atoms with Crippen LogP contribution in [0.25, 0.3) is 0 Å². The highest BCUT2D eigenvalue weighted by Crippen LogP contribution is 2.37. The molecule has 22 heavy (non-hydrogen) atoms. The zero-order chi connectivity index (χ0) is 16.1. The summed E-state index contributed by atoms with van der Waals surface area (Å²) in [6, 6.07) is 5.76. The Morgan fingerprint density at radius 3 is 2.77 bits per heavy atom. The van der Waals surface area contributed by atoms with Crippen LogP contribution in [-0.4, -0.2) is 25.0 Å². The van der Waals surface area contributed by atoms with E-state index in [4.69, 9.17) is 0 Å². The lowest BCUT2D eigenvalue weighted by molar-refractivity contribution is -0.122. The summed E-state index contributed by atoms with van der Waals surface area (Å²) in [5.41, 5.74) is 0.366. The molecule has 2 amide bonds. The lowest BCUT2D eigenvalue weighted by Crippen LogP contribution is -2.29. The first kappa shape index (κ1) is 16.2. The predicted molar refractivity (Wildman–Crippen MR) is 76.6 cm³/mol. The van der Waals surface area contributed by atoms with E-state index in [9.17, 15) is 18.4 Å². The highest BCUT2D eigenvalue weighted by Gasteiger charge is 2.38. The van der Waals surface area contributed by atoms with Gasteiger partial charge in [-0.3, -0.25) is 9.59 Å². The van der Waals surface area contributed by atoms with Gasteiger partial charge < -0.3 is 15.4 Å². The molecule has 1 fully saturated rings. The maximum atomic E-state index is 12.1. The second kappa shape index (κ2) is 7.20. The number of hydrogen-bond donors (Lipinski definition) is 2. The molecule has 1 aliphatic rings. The highest BCUT2D eigenvalue weighted by atomic mass is 19.3. The van der Waals surface area contributed by atoms with E-state index in [-0.39, 0.29) is 36.4 Å². The highest BCUT2D eigenvalue weighted by molar-refractivity contribution is 5.91. The van der Waals surface area contributed by atoms with Crippen molar-refractivity contribution >= 4 is 17.5 Å². The number of nitrogens with one attached hydrogen (secondary N) is 2. The molecule has 0 heterocycles. The number of carbonyl (C=O) groups excluding carboxylic acids is 2. The van der Waals surface area contributed by atoms with Crippen molar-refractivity contribution in [1.29, 1.82) is 0 Å². The average molecular weight is 312 g/mol. The van der Waals surface area contributed by atoms with Crippen molar-refractivity contribution < 1.29 is 23.1 Å². The van der Waals surface area contributed by atoms with Gasteiger partial charge in [-0.05, 0) is 24.5 Å². The number of benzene rings is 1. The van der Waals surface area contributed by atoms with E-state index in [2.05, 4.69) is 15.4 Å². The minimum atomic E-state index is -2.91. The number of ether oxygens (including phenoxy) is 1. The quantitative estimate of drug-likeness (QED) is 0.812. The molecule has 0 radical (unpaired) electrons. The Bertz CT molecular complexity index is 551. The van der Waals surface area contributed by atoms with E-state index in [0.717, 1.165) is 6.42 Å². The van der Waals surface area contributed by atoms with Crippen LogP contribution in [0.5, 0.6) is 5.75 Å². The van der Waals surface area contributed by atoms with E-state index < -0.39 is 6.61 Å². The minimum absolute atomic E-state index is 0.0207. The van der Waals surface area contributed by atoms with Gasteiger partial charge in [-0.25, -0.2) is 0 Å². The maximum absolute atomic E-state index is 12.1. The summed E-state index contributed by atoms with van der Waals surface area (Å²) >= 11 is 0. The fourth-order valence-electron chi connectivity index (χ4n) is 2.09. The molecule has 2 N–H and O–H groups in total. The Labute approximate surface area is 127 Å². The van der Waals surface area contributed by atoms with Gasteiger partial charge in [0.1, 0.15) is 5.75 Å². The molecule has 2 atom stereocenters. The van der Waals surface area contributed by atoms with Crippen LogP contribution in [0.2, 0.25) is 0 Å². The SMILES string of the molecule is C[C@@H]1C[C@H]1C(=O)NCCC(=O)Nc1cccc(OC(F)F)c1. The third-order valence-corrected chi connectivity index (χ3v) is 3.44. The Balaban J connectivity index is 1.73. The standard InChI is InChI=1S/C15H18F2N2O3/c1-9-7-12(9)14(21)18-6-5-13(20)19-10-3-2-4-11(8-10)22-15(16)17/h2-4,8-9,12,15H,5-7H2,1H3,(H,18,21)(H,19,20)/t9-,12-/m1/s1. The predicted octanol–water partition coefficient (Wildman–Crippen LogP) is 2.39. The fourth-order valence-corrected chi connectivity index (χ4v) is 2.09. The van der Waals surface area contributed by atoms with Gasteiger partial charge in [0.15, 0.2) is 0 Å². The monoisotopic (exact) mass is 312 g/mol. The number of carbonyl (C=O) groups is 2. The van der Waals surface area contributed by atoms with E-state index in [1.54, 1.807) is 6.07 Å². The summed E-state index contributed by atoms with van der Waals surface area (Å²) < 4.78 is 28.5. The lowest BCUT2D eigenvalue weighted by Gasteiger charge is -2.09. The molecule has 1 saturated carbocycles. The normalized spacial score (nSPS) is 19.6. The zero-order valence-corrected chi connectivity index (χ0v) is 12.1. The van der Waals surface area contributed by atoms with Crippen LogP contribution in [0.4, 0.5) is 14.5 Å². The van der Waals surface area contributed by atoms with Crippen molar-refractivity contribution in [3.05, 3.63) is 24.3 Å². The summed E-state index contributed by atoms with van der Waals surface area (Å²) in [4.78, 5) is 23.3. The summed E-state index contributed by atoms with van der Waals surface area (Å²) in [5.74, 6) is 0.146. The fraction of sp³-hybridized carbons (Fsp3) is 0.467. The zero-order valence-electron chi connectivity index (χ0n) is 12.1. The third kappa shape index (κ3) is 4.98. The first-order valence-corrected chi connectivity index (χ1v) is 7.08. The van der Waals surface area contributed by atoms with Crippen LogP contribution in [0, 0.1) is 11.8 Å². The Morgan fingerprint density at radius 2 is 2.14 bits per heavy atom. The Kier molecular flexibility index (Phi) is 5.30. The first-order valence-electron chi connectivity index (χ1n) is 7.08. The number of hydrogen-bond acceptors (Lipinski definition) is 3. The van der Waals surface area contributed by atoms with Crippen LogP contribution < -0.4 is 15.4 Å². The molecule has 2 rings (SSSR count). The maximum Gasteiger partial charge on any atom is 0.387 e. The van der Waals surface area contributed by atoms with Crippen molar-refractivity contribution in [3.63, 3.8) is 0 Å². The molecule has 1 aromatic rings. The minimum Gasteiger partial charge on any atom is -0.435 e. The average Bonchev–Trinajstić information content (AvgIpc) is 3.15. The Hall–Kier alpha value is -2.18. The number of anilines is 1. The van der Waals surface area contributed by atoms with Crippen molar-refractivity contribution in [2.45, 2.75) is 26.4 Å². The van der Waals surface area contributed by atoms with Crippen molar-refractivity contribution in [3.8, 4) is 5.75 Å². The van der Waals surface area contributed by atoms with Crippen molar-refractivity contribution in [1.82, 2.24) is 5.32 Å². The molecule has 0 unspecified atom stereocenters. The smallest absolute Gasteiger partial charge is 0.387 e. The van der Waals surface area contributed by atoms with Gasteiger partial charge in [-0.15, -0.1) is 0 Å². The van der Waals surface area contributed by atoms with E-state index in [1.807, 2.05) is 6.92 Å². The molecule has 0 aromatic heterocycles. The van der Waals surface area contributed by atoms with Crippen LogP contribution in [0.3, 0.4) is 0 Å². The molecule has 0 aliphatic heterocycles. The van der Waals surface area contributed by atoms with E-state index in [0.29, 0.717) is 11.6 Å². The van der Waals surface area contributed by atoms with Gasteiger partial charge in [0.2, 0.25) is 11.8 Å². The van der Waals surface area contributed by atoms with Crippen molar-refractivity contribution in [2.75, 3.05) is 11.9 Å². The molecule has 0 spiro atoms. The van der Waals surface area contributed by atoms with Crippen LogP contribution in [-0.2, 0) is 9.59 Å². The van der Waals surface area contributed by atoms with Gasteiger partial charge >= 0.3 is 6.61 Å². The van der Waals surface area contributed by atoms with Gasteiger partial charge in [-0.1, -0.05) is 13.0 Å². The summed E-state index contributed by atoms with van der Waals surface area (Å²) in [6.45, 7) is -0.655. The molecule has 1 aromatic carbocycles. The molecule has 0 saturated heterocycles. The number of amides is 2. The van der Waals surface area contributed by atoms with E-state index >= 15 is 0 Å². The van der Waals surface area contributed by atoms with E-state index in [1.165, 1.54) is 18.2 Å². The molecule has 5 nitrogen and oxygen atoms in total. The topological polar surface area (TPSA) is 67.4 Å². The second-order valence-corrected chi connectivity index (χ2v) is 5.32. The number of alkyl halides is 2. The van der Waals surface area contributed by atoms with Crippen LogP contribution in [0.1, 0.15) is 19.8 Å². The second-order valence-electron chi connectivity index (χ2n) is 5.32. The molecule has 7 heteroatoms. The van der Waals surface area contributed by atoms with Gasteiger partial charge in [0, 0.05) is 30.6 Å². The molecule has 0 bridgehead atoms.